The van der Waals surface area contributed by atoms with Crippen molar-refractivity contribution in [3.05, 3.63) is 16.3 Å². The monoisotopic (exact) mass is 224 g/mol. The maximum Gasteiger partial charge on any atom is 0.0478 e. The van der Waals surface area contributed by atoms with E-state index in [0.717, 1.165) is 0 Å². The van der Waals surface area contributed by atoms with E-state index in [0.29, 0.717) is 0 Å². The van der Waals surface area contributed by atoms with Crippen LogP contribution in [0.25, 0.3) is 0 Å². The number of nitrogens with zero attached hydrogens (tertiary/aromatic N) is 2. The third kappa shape index (κ3) is 2.73. The Morgan fingerprint density at radius 3 is 2.67 bits per heavy atom. The minimum Gasteiger partial charge on any atom is -0.368 e. The van der Waals surface area contributed by atoms with Gasteiger partial charge in [-0.3, -0.25) is 0 Å². The summed E-state index contributed by atoms with van der Waals surface area (Å²) in [5.41, 5.74) is 1.44. The molecule has 15 heavy (non-hydrogen) atoms. The molecule has 84 valence electrons. The number of hydrogen-bond acceptors (Lipinski definition) is 3. The number of piperazine rings is 1. The molecule has 1 saturated heterocycles. The molecular weight excluding hydrogens is 204 g/mol. The van der Waals surface area contributed by atoms with E-state index < -0.39 is 0 Å². The molecule has 0 bridgehead atoms. The zero-order valence-corrected chi connectivity index (χ0v) is 10.5. The molecule has 0 aliphatic carbocycles. The molecule has 2 heterocycles. The Kier molecular flexibility index (Phi) is 3.65. The van der Waals surface area contributed by atoms with Crippen LogP contribution in [-0.4, -0.2) is 38.1 Å². The van der Waals surface area contributed by atoms with Gasteiger partial charge in [-0.05, 0) is 19.5 Å². The molecule has 3 heteroatoms. The van der Waals surface area contributed by atoms with Gasteiger partial charge >= 0.3 is 0 Å². The van der Waals surface area contributed by atoms with E-state index in [1.54, 1.807) is 0 Å². The molecule has 0 saturated carbocycles. The molecule has 1 aliphatic rings. The van der Waals surface area contributed by atoms with Crippen LogP contribution in [0.2, 0.25) is 0 Å². The van der Waals surface area contributed by atoms with Crippen LogP contribution in [0.4, 0.5) is 5.69 Å². The molecule has 0 unspecified atom stereocenters. The molecule has 0 atom stereocenters. The summed E-state index contributed by atoms with van der Waals surface area (Å²) < 4.78 is 0. The SMILES string of the molecule is CCCc1cc(N2CCN(C)CC2)cs1. The summed E-state index contributed by atoms with van der Waals surface area (Å²) in [5.74, 6) is 0. The van der Waals surface area contributed by atoms with Gasteiger partial charge in [-0.25, -0.2) is 0 Å². The maximum absolute atomic E-state index is 2.51. The van der Waals surface area contributed by atoms with Gasteiger partial charge in [0.25, 0.3) is 0 Å². The van der Waals surface area contributed by atoms with Crippen molar-refractivity contribution in [1.82, 2.24) is 4.90 Å². The highest BCUT2D eigenvalue weighted by atomic mass is 32.1. The molecule has 1 aromatic rings. The Morgan fingerprint density at radius 2 is 2.00 bits per heavy atom. The van der Waals surface area contributed by atoms with E-state index in [9.17, 15) is 0 Å². The fourth-order valence-corrected chi connectivity index (χ4v) is 2.98. The molecule has 2 rings (SSSR count). The van der Waals surface area contributed by atoms with Gasteiger partial charge in [0.2, 0.25) is 0 Å². The van der Waals surface area contributed by atoms with Crippen LogP contribution in [0, 0.1) is 0 Å². The lowest BCUT2D eigenvalue weighted by Crippen LogP contribution is -2.44. The lowest BCUT2D eigenvalue weighted by molar-refractivity contribution is 0.313. The topological polar surface area (TPSA) is 6.48 Å². The smallest absolute Gasteiger partial charge is 0.0478 e. The highest BCUT2D eigenvalue weighted by Gasteiger charge is 2.14. The van der Waals surface area contributed by atoms with E-state index in [1.807, 2.05) is 11.3 Å². The molecule has 0 N–H and O–H groups in total. The summed E-state index contributed by atoms with van der Waals surface area (Å²) in [5, 5.41) is 2.32. The average molecular weight is 224 g/mol. The van der Waals surface area contributed by atoms with E-state index in [4.69, 9.17) is 0 Å². The number of hydrogen-bond donors (Lipinski definition) is 0. The number of anilines is 1. The highest BCUT2D eigenvalue weighted by molar-refractivity contribution is 7.10. The first-order valence-corrected chi connectivity index (χ1v) is 6.68. The van der Waals surface area contributed by atoms with Crippen LogP contribution < -0.4 is 4.90 Å². The quantitative estimate of drug-likeness (QED) is 0.778. The average Bonchev–Trinajstić information content (AvgIpc) is 2.68. The fourth-order valence-electron chi connectivity index (χ4n) is 1.98. The van der Waals surface area contributed by atoms with Gasteiger partial charge in [0.1, 0.15) is 0 Å². The second-order valence-corrected chi connectivity index (χ2v) is 5.31. The van der Waals surface area contributed by atoms with E-state index >= 15 is 0 Å². The largest absolute Gasteiger partial charge is 0.368 e. The van der Waals surface area contributed by atoms with E-state index in [-0.39, 0.29) is 0 Å². The van der Waals surface area contributed by atoms with Crippen molar-refractivity contribution in [2.24, 2.45) is 0 Å². The molecule has 0 aromatic carbocycles. The Labute approximate surface area is 96.5 Å². The van der Waals surface area contributed by atoms with Crippen molar-refractivity contribution in [2.45, 2.75) is 19.8 Å². The van der Waals surface area contributed by atoms with Crippen LogP contribution >= 0.6 is 11.3 Å². The van der Waals surface area contributed by atoms with E-state index in [2.05, 4.69) is 35.2 Å². The first-order chi connectivity index (χ1) is 7.29. The number of aryl methyl sites for hydroxylation is 1. The van der Waals surface area contributed by atoms with Gasteiger partial charge < -0.3 is 9.80 Å². The zero-order valence-electron chi connectivity index (χ0n) is 9.70. The van der Waals surface area contributed by atoms with Crippen molar-refractivity contribution in [2.75, 3.05) is 38.1 Å². The number of rotatable bonds is 3. The summed E-state index contributed by atoms with van der Waals surface area (Å²) in [7, 11) is 2.20. The first-order valence-electron chi connectivity index (χ1n) is 5.80. The lowest BCUT2D eigenvalue weighted by atomic mass is 10.2. The Hall–Kier alpha value is -0.540. The Morgan fingerprint density at radius 1 is 1.27 bits per heavy atom. The van der Waals surface area contributed by atoms with Gasteiger partial charge in [-0.2, -0.15) is 0 Å². The molecular formula is C12H20N2S. The molecule has 1 fully saturated rings. The van der Waals surface area contributed by atoms with Crippen LogP contribution in [0.1, 0.15) is 18.2 Å². The van der Waals surface area contributed by atoms with E-state index in [1.165, 1.54) is 49.6 Å². The van der Waals surface area contributed by atoms with Crippen LogP contribution in [0.5, 0.6) is 0 Å². The van der Waals surface area contributed by atoms with Gasteiger partial charge in [-0.15, -0.1) is 11.3 Å². The molecule has 0 spiro atoms. The van der Waals surface area contributed by atoms with Gasteiger partial charge in [-0.1, -0.05) is 13.3 Å². The predicted molar refractivity (Wildman–Crippen MR) is 68.0 cm³/mol. The van der Waals surface area contributed by atoms with Gasteiger partial charge in [0.05, 0.1) is 0 Å². The third-order valence-corrected chi connectivity index (χ3v) is 3.99. The van der Waals surface area contributed by atoms with Gasteiger partial charge in [0, 0.05) is 42.1 Å². The first kappa shape index (κ1) is 11.0. The van der Waals surface area contributed by atoms with Crippen molar-refractivity contribution in [3.63, 3.8) is 0 Å². The standard InChI is InChI=1S/C12H20N2S/c1-3-4-12-9-11(10-15-12)14-7-5-13(2)6-8-14/h9-10H,3-8H2,1-2H3. The summed E-state index contributed by atoms with van der Waals surface area (Å²) in [6.07, 6.45) is 2.49. The van der Waals surface area contributed by atoms with Crippen LogP contribution in [-0.2, 0) is 6.42 Å². The molecule has 0 amide bonds. The van der Waals surface area contributed by atoms with Crippen molar-refractivity contribution >= 4 is 17.0 Å². The van der Waals surface area contributed by atoms with Crippen molar-refractivity contribution in [3.8, 4) is 0 Å². The maximum atomic E-state index is 2.51. The Balaban J connectivity index is 1.96. The molecule has 2 nitrogen and oxygen atoms in total. The van der Waals surface area contributed by atoms with Gasteiger partial charge in [0.15, 0.2) is 0 Å². The predicted octanol–water partition coefficient (Wildman–Crippen LogP) is 2.45. The normalized spacial score (nSPS) is 18.4. The van der Waals surface area contributed by atoms with Crippen LogP contribution in [0.3, 0.4) is 0 Å². The fraction of sp³-hybridized carbons (Fsp3) is 0.667. The summed E-state index contributed by atoms with van der Waals surface area (Å²) in [6, 6.07) is 2.37. The summed E-state index contributed by atoms with van der Waals surface area (Å²) in [4.78, 5) is 6.44. The number of thiophene rings is 1. The molecule has 1 aliphatic heterocycles. The van der Waals surface area contributed by atoms with Crippen LogP contribution in [0.15, 0.2) is 11.4 Å². The number of likely N-dealkylation sites (N-methyl/N-ethyl adjacent to an activating group) is 1. The lowest BCUT2D eigenvalue weighted by Gasteiger charge is -2.33. The second-order valence-electron chi connectivity index (χ2n) is 4.31. The van der Waals surface area contributed by atoms with Crippen molar-refractivity contribution < 1.29 is 0 Å². The third-order valence-electron chi connectivity index (χ3n) is 3.00. The summed E-state index contributed by atoms with van der Waals surface area (Å²) in [6.45, 7) is 6.99. The highest BCUT2D eigenvalue weighted by Crippen LogP contribution is 2.24. The second kappa shape index (κ2) is 4.99. The molecule has 0 radical (unpaired) electrons. The summed E-state index contributed by atoms with van der Waals surface area (Å²) >= 11 is 1.91. The zero-order chi connectivity index (χ0) is 10.7. The molecule has 1 aromatic heterocycles. The minimum absolute atomic E-state index is 1.18. The minimum atomic E-state index is 1.18. The Bertz CT molecular complexity index is 300. The van der Waals surface area contributed by atoms with Crippen molar-refractivity contribution in [1.29, 1.82) is 0 Å².